The highest BCUT2D eigenvalue weighted by molar-refractivity contribution is 5.94. The SMILES string of the molecule is Cn1cnnc1CNc1nccc2cc3c(cc12)OCO3. The van der Waals surface area contributed by atoms with Crippen molar-refractivity contribution in [1.29, 1.82) is 0 Å². The number of aromatic nitrogens is 4. The standard InChI is InChI=1S/C14H13N5O2/c1-19-7-17-18-13(19)6-16-14-10-5-12-11(20-8-21-12)4-9(10)2-3-15-14/h2-5,7H,6,8H2,1H3,(H,15,16). The van der Waals surface area contributed by atoms with Crippen LogP contribution in [0, 0.1) is 0 Å². The largest absolute Gasteiger partial charge is 0.454 e. The average Bonchev–Trinajstić information content (AvgIpc) is 3.11. The number of anilines is 1. The van der Waals surface area contributed by atoms with Crippen molar-refractivity contribution in [2.45, 2.75) is 6.54 Å². The number of hydrogen-bond donors (Lipinski definition) is 1. The van der Waals surface area contributed by atoms with E-state index in [1.54, 1.807) is 12.5 Å². The summed E-state index contributed by atoms with van der Waals surface area (Å²) in [4.78, 5) is 4.40. The Labute approximate surface area is 120 Å². The molecule has 7 heteroatoms. The highest BCUT2D eigenvalue weighted by Crippen LogP contribution is 2.37. The van der Waals surface area contributed by atoms with Crippen LogP contribution in [0.2, 0.25) is 0 Å². The molecular weight excluding hydrogens is 270 g/mol. The Morgan fingerprint density at radius 1 is 1.29 bits per heavy atom. The molecule has 0 saturated carbocycles. The number of ether oxygens (including phenoxy) is 2. The highest BCUT2D eigenvalue weighted by Gasteiger charge is 2.16. The molecule has 21 heavy (non-hydrogen) atoms. The second-order valence-electron chi connectivity index (χ2n) is 4.80. The van der Waals surface area contributed by atoms with Gasteiger partial charge in [-0.15, -0.1) is 10.2 Å². The molecule has 0 bridgehead atoms. The van der Waals surface area contributed by atoms with E-state index in [-0.39, 0.29) is 6.79 Å². The first kappa shape index (κ1) is 12.0. The van der Waals surface area contributed by atoms with Crippen molar-refractivity contribution >= 4 is 16.6 Å². The summed E-state index contributed by atoms with van der Waals surface area (Å²) in [7, 11) is 1.91. The van der Waals surface area contributed by atoms with E-state index in [1.165, 1.54) is 0 Å². The summed E-state index contributed by atoms with van der Waals surface area (Å²) >= 11 is 0. The molecule has 4 rings (SSSR count). The number of rotatable bonds is 3. The maximum Gasteiger partial charge on any atom is 0.231 e. The minimum atomic E-state index is 0.265. The monoisotopic (exact) mass is 283 g/mol. The van der Waals surface area contributed by atoms with Gasteiger partial charge < -0.3 is 19.4 Å². The number of nitrogens with one attached hydrogen (secondary N) is 1. The number of aryl methyl sites for hydroxylation is 1. The Bertz CT molecular complexity index is 814. The Balaban J connectivity index is 1.70. The topological polar surface area (TPSA) is 74.1 Å². The van der Waals surface area contributed by atoms with Gasteiger partial charge in [0, 0.05) is 18.6 Å². The number of nitrogens with zero attached hydrogens (tertiary/aromatic N) is 4. The third kappa shape index (κ3) is 2.03. The van der Waals surface area contributed by atoms with E-state index in [4.69, 9.17) is 9.47 Å². The molecule has 1 aromatic carbocycles. The van der Waals surface area contributed by atoms with Gasteiger partial charge >= 0.3 is 0 Å². The van der Waals surface area contributed by atoms with Gasteiger partial charge in [0.25, 0.3) is 0 Å². The first-order valence-corrected chi connectivity index (χ1v) is 6.56. The van der Waals surface area contributed by atoms with Crippen molar-refractivity contribution < 1.29 is 9.47 Å². The lowest BCUT2D eigenvalue weighted by atomic mass is 10.1. The average molecular weight is 283 g/mol. The summed E-state index contributed by atoms with van der Waals surface area (Å²) in [5, 5.41) is 13.2. The van der Waals surface area contributed by atoms with Crippen LogP contribution in [-0.2, 0) is 13.6 Å². The van der Waals surface area contributed by atoms with Gasteiger partial charge in [0.2, 0.25) is 6.79 Å². The van der Waals surface area contributed by atoms with E-state index in [0.29, 0.717) is 6.54 Å². The van der Waals surface area contributed by atoms with Gasteiger partial charge in [0.1, 0.15) is 12.1 Å². The van der Waals surface area contributed by atoms with Crippen LogP contribution in [0.15, 0.2) is 30.7 Å². The van der Waals surface area contributed by atoms with Crippen molar-refractivity contribution in [2.24, 2.45) is 7.05 Å². The minimum absolute atomic E-state index is 0.265. The number of hydrogen-bond acceptors (Lipinski definition) is 6. The Hall–Kier alpha value is -2.83. The third-order valence-electron chi connectivity index (χ3n) is 3.48. The minimum Gasteiger partial charge on any atom is -0.454 e. The molecule has 0 saturated heterocycles. The molecular formula is C14H13N5O2. The second kappa shape index (κ2) is 4.62. The summed E-state index contributed by atoms with van der Waals surface area (Å²) in [6, 6.07) is 5.86. The van der Waals surface area contributed by atoms with E-state index >= 15 is 0 Å². The fraction of sp³-hybridized carbons (Fsp3) is 0.214. The van der Waals surface area contributed by atoms with E-state index in [2.05, 4.69) is 20.5 Å². The first-order valence-electron chi connectivity index (χ1n) is 6.56. The summed E-state index contributed by atoms with van der Waals surface area (Å²) < 4.78 is 12.7. The summed E-state index contributed by atoms with van der Waals surface area (Å²) in [5.74, 6) is 3.15. The Morgan fingerprint density at radius 3 is 2.95 bits per heavy atom. The summed E-state index contributed by atoms with van der Waals surface area (Å²) in [6.45, 7) is 0.817. The Kier molecular flexibility index (Phi) is 2.63. The second-order valence-corrected chi connectivity index (χ2v) is 4.80. The molecule has 3 aromatic rings. The lowest BCUT2D eigenvalue weighted by molar-refractivity contribution is 0.174. The van der Waals surface area contributed by atoms with Crippen molar-refractivity contribution in [2.75, 3.05) is 12.1 Å². The number of pyridine rings is 1. The molecule has 1 aliphatic rings. The van der Waals surface area contributed by atoms with Crippen LogP contribution >= 0.6 is 0 Å². The van der Waals surface area contributed by atoms with Gasteiger partial charge in [-0.2, -0.15) is 0 Å². The first-order chi connectivity index (χ1) is 10.3. The molecule has 2 aromatic heterocycles. The van der Waals surface area contributed by atoms with E-state index in [0.717, 1.165) is 33.9 Å². The lowest BCUT2D eigenvalue weighted by Gasteiger charge is -2.09. The van der Waals surface area contributed by atoms with Crippen LogP contribution in [-0.4, -0.2) is 26.5 Å². The van der Waals surface area contributed by atoms with Gasteiger partial charge in [-0.3, -0.25) is 0 Å². The fourth-order valence-corrected chi connectivity index (χ4v) is 2.33. The zero-order valence-corrected chi connectivity index (χ0v) is 11.4. The van der Waals surface area contributed by atoms with Crippen molar-refractivity contribution in [3.05, 3.63) is 36.5 Å². The van der Waals surface area contributed by atoms with Crippen LogP contribution in [0.3, 0.4) is 0 Å². The zero-order valence-electron chi connectivity index (χ0n) is 11.4. The van der Waals surface area contributed by atoms with Crippen molar-refractivity contribution in [3.8, 4) is 11.5 Å². The predicted molar refractivity (Wildman–Crippen MR) is 76.2 cm³/mol. The van der Waals surface area contributed by atoms with Crippen molar-refractivity contribution in [3.63, 3.8) is 0 Å². The van der Waals surface area contributed by atoms with Crippen LogP contribution in [0.4, 0.5) is 5.82 Å². The molecule has 7 nitrogen and oxygen atoms in total. The predicted octanol–water partition coefficient (Wildman–Crippen LogP) is 1.70. The van der Waals surface area contributed by atoms with Gasteiger partial charge in [-0.25, -0.2) is 4.98 Å². The maximum absolute atomic E-state index is 5.43. The maximum atomic E-state index is 5.43. The molecule has 0 aliphatic carbocycles. The molecule has 106 valence electrons. The van der Waals surface area contributed by atoms with Crippen molar-refractivity contribution in [1.82, 2.24) is 19.7 Å². The van der Waals surface area contributed by atoms with Crippen LogP contribution in [0.5, 0.6) is 11.5 Å². The summed E-state index contributed by atoms with van der Waals surface area (Å²) in [5.41, 5.74) is 0. The third-order valence-corrected chi connectivity index (χ3v) is 3.48. The molecule has 1 N–H and O–H groups in total. The molecule has 0 radical (unpaired) electrons. The normalized spacial score (nSPS) is 12.8. The van der Waals surface area contributed by atoms with Gasteiger partial charge in [0.15, 0.2) is 17.3 Å². The molecule has 0 amide bonds. The Morgan fingerprint density at radius 2 is 2.14 bits per heavy atom. The molecule has 1 aliphatic heterocycles. The van der Waals surface area contributed by atoms with E-state index in [1.807, 2.05) is 29.8 Å². The van der Waals surface area contributed by atoms with E-state index in [9.17, 15) is 0 Å². The van der Waals surface area contributed by atoms with E-state index < -0.39 is 0 Å². The van der Waals surface area contributed by atoms with Gasteiger partial charge in [-0.1, -0.05) is 0 Å². The van der Waals surface area contributed by atoms with Crippen LogP contribution in [0.1, 0.15) is 5.82 Å². The van der Waals surface area contributed by atoms with Crippen LogP contribution in [0.25, 0.3) is 10.8 Å². The molecule has 0 spiro atoms. The van der Waals surface area contributed by atoms with Gasteiger partial charge in [-0.05, 0) is 23.6 Å². The molecule has 0 unspecified atom stereocenters. The highest BCUT2D eigenvalue weighted by atomic mass is 16.7. The number of fused-ring (bicyclic) bond motifs is 2. The molecule has 0 atom stereocenters. The van der Waals surface area contributed by atoms with Crippen LogP contribution < -0.4 is 14.8 Å². The molecule has 3 heterocycles. The number of benzene rings is 1. The molecule has 0 fully saturated rings. The zero-order chi connectivity index (χ0) is 14.2. The summed E-state index contributed by atoms with van der Waals surface area (Å²) in [6.07, 6.45) is 3.44. The fourth-order valence-electron chi connectivity index (χ4n) is 2.33. The quantitative estimate of drug-likeness (QED) is 0.788. The van der Waals surface area contributed by atoms with Gasteiger partial charge in [0.05, 0.1) is 6.54 Å². The smallest absolute Gasteiger partial charge is 0.231 e. The lowest BCUT2D eigenvalue weighted by Crippen LogP contribution is -2.07.